The standard InChI is InChI=1S/C16H12N4O2S2/c1-19(9-15-17-11-4-2-3-5-13(11)23-15)16-18-12-7-6-10(20(21)22)8-14(12)24-16/h2-8H,9H2,1H3. The molecule has 0 aliphatic rings. The van der Waals surface area contributed by atoms with Gasteiger partial charge in [0.2, 0.25) is 0 Å². The first-order valence-electron chi connectivity index (χ1n) is 7.21. The third-order valence-corrected chi connectivity index (χ3v) is 5.76. The van der Waals surface area contributed by atoms with E-state index in [0.717, 1.165) is 25.9 Å². The highest BCUT2D eigenvalue weighted by Crippen LogP contribution is 2.32. The van der Waals surface area contributed by atoms with Crippen molar-refractivity contribution in [3.8, 4) is 0 Å². The molecule has 0 spiro atoms. The zero-order valence-electron chi connectivity index (χ0n) is 12.7. The topological polar surface area (TPSA) is 72.2 Å². The molecule has 0 aliphatic heterocycles. The summed E-state index contributed by atoms with van der Waals surface area (Å²) < 4.78 is 1.98. The van der Waals surface area contributed by atoms with Crippen molar-refractivity contribution in [1.29, 1.82) is 0 Å². The fourth-order valence-electron chi connectivity index (χ4n) is 2.44. The van der Waals surface area contributed by atoms with Crippen molar-refractivity contribution in [2.24, 2.45) is 0 Å². The van der Waals surface area contributed by atoms with E-state index in [1.165, 1.54) is 22.1 Å². The molecule has 4 rings (SSSR count). The van der Waals surface area contributed by atoms with Gasteiger partial charge >= 0.3 is 0 Å². The normalized spacial score (nSPS) is 11.2. The van der Waals surface area contributed by atoms with Crippen molar-refractivity contribution in [1.82, 2.24) is 9.97 Å². The van der Waals surface area contributed by atoms with E-state index in [2.05, 4.69) is 16.0 Å². The average molecular weight is 356 g/mol. The Hall–Kier alpha value is -2.58. The number of thiazole rings is 2. The molecule has 2 aromatic carbocycles. The van der Waals surface area contributed by atoms with Crippen LogP contribution < -0.4 is 4.90 Å². The van der Waals surface area contributed by atoms with Crippen LogP contribution in [-0.4, -0.2) is 21.9 Å². The summed E-state index contributed by atoms with van der Waals surface area (Å²) in [7, 11) is 1.96. The summed E-state index contributed by atoms with van der Waals surface area (Å²) in [5.74, 6) is 0. The van der Waals surface area contributed by atoms with Gasteiger partial charge in [-0.2, -0.15) is 0 Å². The Labute approximate surface area is 145 Å². The van der Waals surface area contributed by atoms with Crippen LogP contribution in [0.2, 0.25) is 0 Å². The zero-order chi connectivity index (χ0) is 16.7. The molecule has 0 fully saturated rings. The number of benzene rings is 2. The molecule has 0 N–H and O–H groups in total. The minimum Gasteiger partial charge on any atom is -0.344 e. The van der Waals surface area contributed by atoms with Gasteiger partial charge in [0.05, 0.1) is 31.9 Å². The average Bonchev–Trinajstić information content (AvgIpc) is 3.16. The summed E-state index contributed by atoms with van der Waals surface area (Å²) >= 11 is 3.12. The third-order valence-electron chi connectivity index (χ3n) is 3.61. The Bertz CT molecular complexity index is 1020. The highest BCUT2D eigenvalue weighted by Gasteiger charge is 2.14. The van der Waals surface area contributed by atoms with Crippen LogP contribution in [0.3, 0.4) is 0 Å². The van der Waals surface area contributed by atoms with Gasteiger partial charge < -0.3 is 4.90 Å². The van der Waals surface area contributed by atoms with Crippen LogP contribution in [0.1, 0.15) is 5.01 Å². The summed E-state index contributed by atoms with van der Waals surface area (Å²) in [5.41, 5.74) is 1.87. The number of nitrogens with zero attached hydrogens (tertiary/aromatic N) is 4. The van der Waals surface area contributed by atoms with Gasteiger partial charge in [-0.05, 0) is 18.2 Å². The number of hydrogen-bond donors (Lipinski definition) is 0. The molecule has 24 heavy (non-hydrogen) atoms. The second kappa shape index (κ2) is 5.81. The summed E-state index contributed by atoms with van der Waals surface area (Å²) in [6.45, 7) is 0.654. The predicted molar refractivity (Wildman–Crippen MR) is 98.0 cm³/mol. The van der Waals surface area contributed by atoms with Crippen LogP contribution >= 0.6 is 22.7 Å². The van der Waals surface area contributed by atoms with Gasteiger partial charge in [0, 0.05) is 19.2 Å². The van der Waals surface area contributed by atoms with Crippen LogP contribution in [0.15, 0.2) is 42.5 Å². The van der Waals surface area contributed by atoms with Gasteiger partial charge in [0.15, 0.2) is 5.13 Å². The molecule has 4 aromatic rings. The number of para-hydroxylation sites is 1. The number of fused-ring (bicyclic) bond motifs is 2. The Kier molecular flexibility index (Phi) is 3.62. The Morgan fingerprint density at radius 2 is 1.88 bits per heavy atom. The summed E-state index contributed by atoms with van der Waals surface area (Å²) in [5, 5.41) is 12.7. The molecule has 0 radical (unpaired) electrons. The van der Waals surface area contributed by atoms with Crippen LogP contribution in [0.4, 0.5) is 10.8 Å². The predicted octanol–water partition coefficient (Wildman–Crippen LogP) is 4.45. The first-order chi connectivity index (χ1) is 11.6. The number of anilines is 1. The number of non-ortho nitro benzene ring substituents is 1. The van der Waals surface area contributed by atoms with Gasteiger partial charge in [0.25, 0.3) is 5.69 Å². The van der Waals surface area contributed by atoms with Gasteiger partial charge in [-0.3, -0.25) is 10.1 Å². The van der Waals surface area contributed by atoms with Crippen LogP contribution in [-0.2, 0) is 6.54 Å². The van der Waals surface area contributed by atoms with Gasteiger partial charge in [0.1, 0.15) is 5.01 Å². The zero-order valence-corrected chi connectivity index (χ0v) is 14.3. The minimum absolute atomic E-state index is 0.0894. The molecule has 8 heteroatoms. The third kappa shape index (κ3) is 2.70. The van der Waals surface area contributed by atoms with E-state index in [0.29, 0.717) is 6.54 Å². The number of aromatic nitrogens is 2. The van der Waals surface area contributed by atoms with Crippen molar-refractivity contribution < 1.29 is 4.92 Å². The SMILES string of the molecule is CN(Cc1nc2ccccc2s1)c1nc2ccc([N+](=O)[O-])cc2s1. The summed E-state index contributed by atoms with van der Waals surface area (Å²) in [6, 6.07) is 12.8. The lowest BCUT2D eigenvalue weighted by atomic mass is 10.3. The second-order valence-electron chi connectivity index (χ2n) is 5.34. The molecule has 2 heterocycles. The van der Waals surface area contributed by atoms with E-state index in [9.17, 15) is 10.1 Å². The maximum absolute atomic E-state index is 10.9. The number of nitro benzene ring substituents is 1. The van der Waals surface area contributed by atoms with E-state index >= 15 is 0 Å². The monoisotopic (exact) mass is 356 g/mol. The summed E-state index contributed by atoms with van der Waals surface area (Å²) in [6.07, 6.45) is 0. The van der Waals surface area contributed by atoms with E-state index in [4.69, 9.17) is 0 Å². The molecular formula is C16H12N4O2S2. The van der Waals surface area contributed by atoms with Crippen molar-refractivity contribution in [3.63, 3.8) is 0 Å². The number of hydrogen-bond acceptors (Lipinski definition) is 7. The molecule has 0 bridgehead atoms. The second-order valence-corrected chi connectivity index (χ2v) is 7.46. The van der Waals surface area contributed by atoms with Gasteiger partial charge in [-0.1, -0.05) is 23.5 Å². The lowest BCUT2D eigenvalue weighted by Gasteiger charge is -2.13. The maximum Gasteiger partial charge on any atom is 0.270 e. The lowest BCUT2D eigenvalue weighted by Crippen LogP contribution is -2.15. The largest absolute Gasteiger partial charge is 0.344 e. The molecule has 0 saturated carbocycles. The fraction of sp³-hybridized carbons (Fsp3) is 0.125. The molecule has 0 amide bonds. The first-order valence-corrected chi connectivity index (χ1v) is 8.84. The number of rotatable bonds is 4. The quantitative estimate of drug-likeness (QED) is 0.399. The molecule has 0 unspecified atom stereocenters. The molecular weight excluding hydrogens is 344 g/mol. The maximum atomic E-state index is 10.9. The minimum atomic E-state index is -0.385. The molecule has 0 aliphatic carbocycles. The molecule has 0 saturated heterocycles. The van der Waals surface area contributed by atoms with E-state index in [1.54, 1.807) is 23.5 Å². The molecule has 0 atom stereocenters. The van der Waals surface area contributed by atoms with E-state index < -0.39 is 0 Å². The van der Waals surface area contributed by atoms with Crippen molar-refractivity contribution in [2.75, 3.05) is 11.9 Å². The van der Waals surface area contributed by atoms with Crippen molar-refractivity contribution in [3.05, 3.63) is 57.6 Å². The highest BCUT2D eigenvalue weighted by molar-refractivity contribution is 7.22. The lowest BCUT2D eigenvalue weighted by molar-refractivity contribution is -0.384. The van der Waals surface area contributed by atoms with Crippen molar-refractivity contribution >= 4 is 53.9 Å². The van der Waals surface area contributed by atoms with E-state index in [1.807, 2.05) is 30.1 Å². The first kappa shape index (κ1) is 15.0. The van der Waals surface area contributed by atoms with Crippen LogP contribution in [0, 0.1) is 10.1 Å². The smallest absolute Gasteiger partial charge is 0.270 e. The van der Waals surface area contributed by atoms with Gasteiger partial charge in [-0.25, -0.2) is 9.97 Å². The van der Waals surface area contributed by atoms with E-state index in [-0.39, 0.29) is 10.6 Å². The highest BCUT2D eigenvalue weighted by atomic mass is 32.1. The molecule has 2 aromatic heterocycles. The Balaban J connectivity index is 1.62. The van der Waals surface area contributed by atoms with Crippen LogP contribution in [0.5, 0.6) is 0 Å². The van der Waals surface area contributed by atoms with Crippen molar-refractivity contribution in [2.45, 2.75) is 6.54 Å². The van der Waals surface area contributed by atoms with Crippen LogP contribution in [0.25, 0.3) is 20.4 Å². The summed E-state index contributed by atoms with van der Waals surface area (Å²) in [4.78, 5) is 21.7. The fourth-order valence-corrected chi connectivity index (χ4v) is 4.42. The van der Waals surface area contributed by atoms with Gasteiger partial charge in [-0.15, -0.1) is 11.3 Å². The molecule has 120 valence electrons. The number of nitro groups is 1. The Morgan fingerprint density at radius 1 is 1.08 bits per heavy atom. The molecule has 6 nitrogen and oxygen atoms in total. The Morgan fingerprint density at radius 3 is 2.67 bits per heavy atom.